The lowest BCUT2D eigenvalue weighted by Crippen LogP contribution is -2.21. The highest BCUT2D eigenvalue weighted by molar-refractivity contribution is 5.73. The van der Waals surface area contributed by atoms with Crippen LogP contribution in [0.1, 0.15) is 11.1 Å². The predicted octanol–water partition coefficient (Wildman–Crippen LogP) is 2.98. The molecule has 0 spiro atoms. The third-order valence-electron chi connectivity index (χ3n) is 2.84. The molecular weight excluding hydrogens is 327 g/mol. The number of hydrogen-bond acceptors (Lipinski definition) is 5. The van der Waals surface area contributed by atoms with Gasteiger partial charge in [0, 0.05) is 11.6 Å². The van der Waals surface area contributed by atoms with Gasteiger partial charge in [-0.3, -0.25) is 0 Å². The zero-order chi connectivity index (χ0) is 18.5. The van der Waals surface area contributed by atoms with Crippen molar-refractivity contribution in [2.45, 2.75) is 20.0 Å². The van der Waals surface area contributed by atoms with Gasteiger partial charge in [0.1, 0.15) is 0 Å². The number of benzene rings is 1. The maximum absolute atomic E-state index is 10.6. The SMILES string of the molecule is COc1cc(-c2cc(C)ccc2C)nc(N)n1.O=C(O)C(F)(F)F. The molecule has 0 aliphatic heterocycles. The van der Waals surface area contributed by atoms with Gasteiger partial charge >= 0.3 is 12.1 Å². The monoisotopic (exact) mass is 343 g/mol. The van der Waals surface area contributed by atoms with E-state index in [1.165, 1.54) is 5.56 Å². The van der Waals surface area contributed by atoms with Crippen molar-refractivity contribution in [2.24, 2.45) is 0 Å². The van der Waals surface area contributed by atoms with Gasteiger partial charge < -0.3 is 15.6 Å². The molecule has 0 amide bonds. The van der Waals surface area contributed by atoms with Crippen LogP contribution in [0.4, 0.5) is 19.1 Å². The number of carboxylic acids is 1. The number of aliphatic carboxylic acids is 1. The Balaban J connectivity index is 0.000000351. The maximum Gasteiger partial charge on any atom is 0.490 e. The van der Waals surface area contributed by atoms with Gasteiger partial charge in [0.25, 0.3) is 0 Å². The van der Waals surface area contributed by atoms with E-state index in [9.17, 15) is 13.2 Å². The fourth-order valence-corrected chi connectivity index (χ4v) is 1.70. The molecule has 1 aromatic carbocycles. The largest absolute Gasteiger partial charge is 0.490 e. The van der Waals surface area contributed by atoms with Crippen LogP contribution in [0.25, 0.3) is 11.3 Å². The molecule has 0 aliphatic rings. The molecule has 0 unspecified atom stereocenters. The summed E-state index contributed by atoms with van der Waals surface area (Å²) in [5.74, 6) is -2.05. The molecule has 0 aliphatic carbocycles. The smallest absolute Gasteiger partial charge is 0.481 e. The molecule has 1 heterocycles. The molecule has 24 heavy (non-hydrogen) atoms. The molecule has 6 nitrogen and oxygen atoms in total. The first-order valence-electron chi connectivity index (χ1n) is 6.61. The third kappa shape index (κ3) is 5.41. The van der Waals surface area contributed by atoms with Gasteiger partial charge in [-0.05, 0) is 25.5 Å². The lowest BCUT2D eigenvalue weighted by atomic mass is 10.0. The molecule has 130 valence electrons. The molecule has 1 aromatic heterocycles. The Bertz CT molecular complexity index is 734. The van der Waals surface area contributed by atoms with Crippen LogP contribution in [0.15, 0.2) is 24.3 Å². The predicted molar refractivity (Wildman–Crippen MR) is 81.6 cm³/mol. The number of anilines is 1. The van der Waals surface area contributed by atoms with Crippen molar-refractivity contribution in [1.82, 2.24) is 9.97 Å². The van der Waals surface area contributed by atoms with E-state index in [-0.39, 0.29) is 5.95 Å². The van der Waals surface area contributed by atoms with Crippen LogP contribution >= 0.6 is 0 Å². The standard InChI is InChI=1S/C13H15N3O.C2HF3O2/c1-8-4-5-9(2)10(6-8)11-7-12(17-3)16-13(14)15-11;3-2(4,5)1(6)7/h4-7H,1-3H3,(H2,14,15,16);(H,6,7). The van der Waals surface area contributed by atoms with E-state index in [0.717, 1.165) is 16.8 Å². The van der Waals surface area contributed by atoms with Gasteiger partial charge in [0.2, 0.25) is 11.8 Å². The van der Waals surface area contributed by atoms with Crippen LogP contribution in [0.2, 0.25) is 0 Å². The Labute approximate surface area is 136 Å². The molecule has 0 atom stereocenters. The second kappa shape index (κ2) is 7.62. The number of ether oxygens (including phenoxy) is 1. The Kier molecular flexibility index (Phi) is 6.10. The molecule has 0 saturated heterocycles. The van der Waals surface area contributed by atoms with E-state index < -0.39 is 12.1 Å². The van der Waals surface area contributed by atoms with Crippen molar-refractivity contribution in [1.29, 1.82) is 0 Å². The average molecular weight is 343 g/mol. The highest BCUT2D eigenvalue weighted by Gasteiger charge is 2.38. The van der Waals surface area contributed by atoms with Crippen molar-refractivity contribution in [3.05, 3.63) is 35.4 Å². The number of nitrogens with two attached hydrogens (primary N) is 1. The first-order chi connectivity index (χ1) is 11.0. The van der Waals surface area contributed by atoms with E-state index in [2.05, 4.69) is 28.2 Å². The topological polar surface area (TPSA) is 98.3 Å². The number of carbonyl (C=O) groups is 1. The quantitative estimate of drug-likeness (QED) is 0.870. The number of nitrogen functional groups attached to an aromatic ring is 1. The summed E-state index contributed by atoms with van der Waals surface area (Å²) in [5.41, 5.74) is 9.83. The fraction of sp³-hybridized carbons (Fsp3) is 0.267. The van der Waals surface area contributed by atoms with Crippen LogP contribution in [0.5, 0.6) is 5.88 Å². The minimum atomic E-state index is -5.08. The van der Waals surface area contributed by atoms with E-state index in [1.807, 2.05) is 13.8 Å². The Morgan fingerprint density at radius 2 is 1.79 bits per heavy atom. The highest BCUT2D eigenvalue weighted by atomic mass is 19.4. The number of aryl methyl sites for hydroxylation is 2. The lowest BCUT2D eigenvalue weighted by Gasteiger charge is -2.08. The zero-order valence-electron chi connectivity index (χ0n) is 13.2. The molecule has 0 radical (unpaired) electrons. The normalized spacial score (nSPS) is 10.6. The van der Waals surface area contributed by atoms with Gasteiger partial charge in [-0.2, -0.15) is 18.2 Å². The van der Waals surface area contributed by atoms with Crippen molar-refractivity contribution in [3.8, 4) is 17.1 Å². The van der Waals surface area contributed by atoms with Gasteiger partial charge in [0.15, 0.2) is 0 Å². The minimum absolute atomic E-state index is 0.222. The number of halogens is 3. The first-order valence-corrected chi connectivity index (χ1v) is 6.61. The second-order valence-corrected chi connectivity index (χ2v) is 4.78. The van der Waals surface area contributed by atoms with Gasteiger partial charge in [-0.1, -0.05) is 17.7 Å². The van der Waals surface area contributed by atoms with E-state index in [4.69, 9.17) is 20.4 Å². The van der Waals surface area contributed by atoms with Crippen LogP contribution < -0.4 is 10.5 Å². The van der Waals surface area contributed by atoms with Crippen molar-refractivity contribution < 1.29 is 27.8 Å². The van der Waals surface area contributed by atoms with Gasteiger partial charge in [-0.25, -0.2) is 9.78 Å². The Morgan fingerprint density at radius 1 is 1.21 bits per heavy atom. The lowest BCUT2D eigenvalue weighted by molar-refractivity contribution is -0.192. The molecular formula is C15H16F3N3O3. The molecule has 0 bridgehead atoms. The van der Waals surface area contributed by atoms with Gasteiger partial charge in [-0.15, -0.1) is 0 Å². The third-order valence-corrected chi connectivity index (χ3v) is 2.84. The van der Waals surface area contributed by atoms with Crippen LogP contribution in [-0.2, 0) is 4.79 Å². The average Bonchev–Trinajstić information content (AvgIpc) is 2.48. The summed E-state index contributed by atoms with van der Waals surface area (Å²) in [6.07, 6.45) is -5.08. The second-order valence-electron chi connectivity index (χ2n) is 4.78. The Hall–Kier alpha value is -2.84. The molecule has 0 fully saturated rings. The van der Waals surface area contributed by atoms with Gasteiger partial charge in [0.05, 0.1) is 12.8 Å². The maximum atomic E-state index is 10.6. The molecule has 2 aromatic rings. The summed E-state index contributed by atoms with van der Waals surface area (Å²) >= 11 is 0. The van der Waals surface area contributed by atoms with E-state index in [1.54, 1.807) is 13.2 Å². The number of rotatable bonds is 2. The fourth-order valence-electron chi connectivity index (χ4n) is 1.70. The van der Waals surface area contributed by atoms with Crippen LogP contribution in [-0.4, -0.2) is 34.3 Å². The number of hydrogen-bond donors (Lipinski definition) is 2. The highest BCUT2D eigenvalue weighted by Crippen LogP contribution is 2.25. The summed E-state index contributed by atoms with van der Waals surface area (Å²) < 4.78 is 36.8. The van der Waals surface area contributed by atoms with Crippen LogP contribution in [0, 0.1) is 13.8 Å². The van der Waals surface area contributed by atoms with Crippen molar-refractivity contribution >= 4 is 11.9 Å². The van der Waals surface area contributed by atoms with E-state index in [0.29, 0.717) is 5.88 Å². The molecule has 3 N–H and O–H groups in total. The number of alkyl halides is 3. The van der Waals surface area contributed by atoms with Crippen molar-refractivity contribution in [3.63, 3.8) is 0 Å². The molecule has 9 heteroatoms. The number of nitrogens with zero attached hydrogens (tertiary/aromatic N) is 2. The summed E-state index contributed by atoms with van der Waals surface area (Å²) in [4.78, 5) is 17.1. The molecule has 2 rings (SSSR count). The Morgan fingerprint density at radius 3 is 2.29 bits per heavy atom. The number of carboxylic acid groups (broad SMARTS) is 1. The molecule has 0 saturated carbocycles. The summed E-state index contributed by atoms with van der Waals surface area (Å²) in [5, 5.41) is 7.12. The zero-order valence-corrected chi connectivity index (χ0v) is 13.2. The minimum Gasteiger partial charge on any atom is -0.481 e. The van der Waals surface area contributed by atoms with E-state index >= 15 is 0 Å². The summed E-state index contributed by atoms with van der Waals surface area (Å²) in [7, 11) is 1.56. The summed E-state index contributed by atoms with van der Waals surface area (Å²) in [6.45, 7) is 4.09. The number of methoxy groups -OCH3 is 1. The van der Waals surface area contributed by atoms with Crippen molar-refractivity contribution in [2.75, 3.05) is 12.8 Å². The summed E-state index contributed by atoms with van der Waals surface area (Å²) in [6, 6.07) is 8.00. The first kappa shape index (κ1) is 19.2. The number of aromatic nitrogens is 2. The van der Waals surface area contributed by atoms with Crippen LogP contribution in [0.3, 0.4) is 0 Å².